The highest BCUT2D eigenvalue weighted by Gasteiger charge is 1.90. The van der Waals surface area contributed by atoms with Crippen LogP contribution in [0.25, 0.3) is 0 Å². The molecule has 0 radical (unpaired) electrons. The molecule has 0 aliphatic rings. The third kappa shape index (κ3) is 4.35. The summed E-state index contributed by atoms with van der Waals surface area (Å²) in [5.41, 5.74) is 2.42. The minimum atomic E-state index is 1.17. The van der Waals surface area contributed by atoms with Gasteiger partial charge in [0.05, 0.1) is 0 Å². The van der Waals surface area contributed by atoms with E-state index in [0.29, 0.717) is 0 Å². The molecule has 0 spiro atoms. The normalized spacial score (nSPS) is 14.9. The second-order valence-electron chi connectivity index (χ2n) is 2.72. The lowest BCUT2D eigenvalue weighted by atomic mass is 10.2. The fraction of sp³-hybridized carbons (Fsp3) is 0.400. The summed E-state index contributed by atoms with van der Waals surface area (Å²) in [6.45, 7) is 6.16. The lowest BCUT2D eigenvalue weighted by Gasteiger charge is -2.01. The molecule has 0 aromatic carbocycles. The van der Waals surface area contributed by atoms with Crippen LogP contribution in [0.5, 0.6) is 0 Å². The van der Waals surface area contributed by atoms with Crippen molar-refractivity contribution < 1.29 is 0 Å². The van der Waals surface area contributed by atoms with Gasteiger partial charge >= 0.3 is 0 Å². The molecule has 0 amide bonds. The maximum Gasteiger partial charge on any atom is 0.00785 e. The second-order valence-corrected chi connectivity index (χ2v) is 3.58. The van der Waals surface area contributed by atoms with Crippen molar-refractivity contribution >= 4 is 9.24 Å². The Kier molecular flexibility index (Phi) is 5.74. The molecule has 0 saturated heterocycles. The Hall–Kier alpha value is -0.550. The number of rotatable bonds is 3. The summed E-state index contributed by atoms with van der Waals surface area (Å²) in [5.74, 6) is 0. The molecule has 12 heavy (non-hydrogen) atoms. The molecule has 0 saturated carbocycles. The Morgan fingerprint density at radius 2 is 1.92 bits per heavy atom. The molecule has 0 fully saturated rings. The summed E-state index contributed by atoms with van der Waals surface area (Å²) in [6, 6.07) is 0. The van der Waals surface area contributed by atoms with E-state index in [1.807, 2.05) is 20.0 Å². The van der Waals surface area contributed by atoms with Gasteiger partial charge in [0.2, 0.25) is 0 Å². The Bertz CT molecular complexity index is 220. The molecular formula is C10H18NP. The molecule has 0 aromatic heterocycles. The van der Waals surface area contributed by atoms with Gasteiger partial charge in [0.15, 0.2) is 0 Å². The molecule has 68 valence electrons. The Morgan fingerprint density at radius 1 is 1.33 bits per heavy atom. The first kappa shape index (κ1) is 11.4. The first-order chi connectivity index (χ1) is 5.61. The van der Waals surface area contributed by atoms with Gasteiger partial charge in [-0.1, -0.05) is 12.2 Å². The smallest absolute Gasteiger partial charge is 0.00785 e. The van der Waals surface area contributed by atoms with Crippen molar-refractivity contribution in [1.29, 1.82) is 0 Å². The first-order valence-corrected chi connectivity index (χ1v) is 4.64. The number of hydrogen-bond donors (Lipinski definition) is 1. The third-order valence-corrected chi connectivity index (χ3v) is 1.90. The van der Waals surface area contributed by atoms with E-state index in [1.165, 1.54) is 16.6 Å². The van der Waals surface area contributed by atoms with Crippen molar-refractivity contribution in [2.24, 2.45) is 0 Å². The fourth-order valence-corrected chi connectivity index (χ4v) is 0.958. The van der Waals surface area contributed by atoms with Crippen LogP contribution in [0.4, 0.5) is 0 Å². The topological polar surface area (TPSA) is 12.0 Å². The van der Waals surface area contributed by atoms with E-state index in [0.717, 1.165) is 0 Å². The fourth-order valence-electron chi connectivity index (χ4n) is 0.778. The molecule has 0 aliphatic carbocycles. The number of nitrogens with one attached hydrogen (secondary N) is 1. The first-order valence-electron chi connectivity index (χ1n) is 4.07. The Morgan fingerprint density at radius 3 is 2.25 bits per heavy atom. The zero-order valence-corrected chi connectivity index (χ0v) is 9.46. The average Bonchev–Trinajstić information content (AvgIpc) is 2.03. The van der Waals surface area contributed by atoms with Gasteiger partial charge in [0.1, 0.15) is 0 Å². The van der Waals surface area contributed by atoms with Crippen LogP contribution in [-0.4, -0.2) is 7.05 Å². The summed E-state index contributed by atoms with van der Waals surface area (Å²) in [4.78, 5) is 0. The van der Waals surface area contributed by atoms with Crippen molar-refractivity contribution in [2.45, 2.75) is 20.8 Å². The van der Waals surface area contributed by atoms with Crippen molar-refractivity contribution in [1.82, 2.24) is 5.32 Å². The highest BCUT2D eigenvalue weighted by Crippen LogP contribution is 2.14. The molecule has 0 rings (SSSR count). The van der Waals surface area contributed by atoms with Gasteiger partial charge in [-0.2, -0.15) is 0 Å². The van der Waals surface area contributed by atoms with Crippen molar-refractivity contribution in [3.8, 4) is 0 Å². The standard InChI is InChI=1S/C10H18NP/c1-5-6-10(9(3)12)7-8(2)11-4/h5-7,11H,12H2,1-4H3/b6-5-,8-7-,10-9-. The van der Waals surface area contributed by atoms with Gasteiger partial charge in [-0.3, -0.25) is 0 Å². The van der Waals surface area contributed by atoms with Crippen LogP contribution in [0.2, 0.25) is 0 Å². The summed E-state index contributed by atoms with van der Waals surface area (Å²) in [6.07, 6.45) is 6.27. The van der Waals surface area contributed by atoms with E-state index in [1.54, 1.807) is 0 Å². The quantitative estimate of drug-likeness (QED) is 0.524. The molecule has 1 unspecified atom stereocenters. The monoisotopic (exact) mass is 183 g/mol. The molecule has 0 aliphatic heterocycles. The summed E-state index contributed by atoms with van der Waals surface area (Å²) >= 11 is 0. The molecule has 1 atom stereocenters. The minimum absolute atomic E-state index is 1.17. The predicted octanol–water partition coefficient (Wildman–Crippen LogP) is 2.83. The van der Waals surface area contributed by atoms with E-state index in [2.05, 4.69) is 40.6 Å². The Labute approximate surface area is 77.8 Å². The van der Waals surface area contributed by atoms with Crippen molar-refractivity contribution in [3.05, 3.63) is 34.8 Å². The summed E-state index contributed by atoms with van der Waals surface area (Å²) in [5, 5.41) is 4.34. The lowest BCUT2D eigenvalue weighted by molar-refractivity contribution is 0.987. The van der Waals surface area contributed by atoms with Crippen LogP contribution in [0.3, 0.4) is 0 Å². The van der Waals surface area contributed by atoms with Crippen LogP contribution in [0, 0.1) is 0 Å². The predicted molar refractivity (Wildman–Crippen MR) is 60.0 cm³/mol. The second kappa shape index (κ2) is 6.02. The van der Waals surface area contributed by atoms with Crippen LogP contribution in [-0.2, 0) is 0 Å². The highest BCUT2D eigenvalue weighted by molar-refractivity contribution is 7.22. The number of allylic oxidation sites excluding steroid dienone is 6. The molecule has 0 aromatic rings. The Balaban J connectivity index is 4.68. The molecule has 0 heterocycles. The minimum Gasteiger partial charge on any atom is -0.392 e. The lowest BCUT2D eigenvalue weighted by Crippen LogP contribution is -2.01. The zero-order valence-electron chi connectivity index (χ0n) is 8.31. The van der Waals surface area contributed by atoms with Gasteiger partial charge in [-0.05, 0) is 37.7 Å². The molecule has 1 nitrogen and oxygen atoms in total. The SMILES string of the molecule is C\C=C/C(/C=C(/C)NC)=C(\C)P. The summed E-state index contributed by atoms with van der Waals surface area (Å²) < 4.78 is 0. The van der Waals surface area contributed by atoms with Crippen molar-refractivity contribution in [2.75, 3.05) is 7.05 Å². The zero-order chi connectivity index (χ0) is 9.56. The van der Waals surface area contributed by atoms with Crippen LogP contribution in [0.1, 0.15) is 20.8 Å². The van der Waals surface area contributed by atoms with E-state index in [4.69, 9.17) is 0 Å². The van der Waals surface area contributed by atoms with Gasteiger partial charge in [-0.25, -0.2) is 0 Å². The van der Waals surface area contributed by atoms with E-state index in [-0.39, 0.29) is 0 Å². The maximum atomic E-state index is 3.09. The van der Waals surface area contributed by atoms with Gasteiger partial charge in [0.25, 0.3) is 0 Å². The van der Waals surface area contributed by atoms with E-state index in [9.17, 15) is 0 Å². The van der Waals surface area contributed by atoms with Crippen LogP contribution in [0.15, 0.2) is 34.8 Å². The maximum absolute atomic E-state index is 3.09. The van der Waals surface area contributed by atoms with Crippen LogP contribution < -0.4 is 5.32 Å². The van der Waals surface area contributed by atoms with Gasteiger partial charge in [-0.15, -0.1) is 9.24 Å². The molecular weight excluding hydrogens is 165 g/mol. The molecule has 0 bridgehead atoms. The van der Waals surface area contributed by atoms with Crippen LogP contribution >= 0.6 is 9.24 Å². The summed E-state index contributed by atoms with van der Waals surface area (Å²) in [7, 11) is 4.64. The third-order valence-electron chi connectivity index (χ3n) is 1.57. The highest BCUT2D eigenvalue weighted by atomic mass is 31.0. The number of hydrogen-bond acceptors (Lipinski definition) is 1. The molecule has 1 N–H and O–H groups in total. The van der Waals surface area contributed by atoms with E-state index >= 15 is 0 Å². The molecule has 2 heteroatoms. The average molecular weight is 183 g/mol. The van der Waals surface area contributed by atoms with Gasteiger partial charge < -0.3 is 5.32 Å². The van der Waals surface area contributed by atoms with Gasteiger partial charge in [0, 0.05) is 12.7 Å². The van der Waals surface area contributed by atoms with Crippen molar-refractivity contribution in [3.63, 3.8) is 0 Å². The van der Waals surface area contributed by atoms with E-state index < -0.39 is 0 Å². The largest absolute Gasteiger partial charge is 0.392 e.